The molecule has 0 aliphatic carbocycles. The van der Waals surface area contributed by atoms with E-state index in [0.717, 1.165) is 50.3 Å². The molecule has 0 saturated carbocycles. The van der Waals surface area contributed by atoms with E-state index in [-0.39, 0.29) is 0 Å². The normalized spacial score (nSPS) is 11.6. The lowest BCUT2D eigenvalue weighted by Gasteiger charge is -2.26. The lowest BCUT2D eigenvalue weighted by atomic mass is 9.98. The number of aromatic nitrogens is 1. The van der Waals surface area contributed by atoms with E-state index >= 15 is 0 Å². The third-order valence-electron chi connectivity index (χ3n) is 13.4. The van der Waals surface area contributed by atoms with Crippen molar-refractivity contribution in [1.29, 1.82) is 0 Å². The van der Waals surface area contributed by atoms with Gasteiger partial charge >= 0.3 is 0 Å². The average Bonchev–Trinajstić information content (AvgIpc) is 3.95. The van der Waals surface area contributed by atoms with Crippen molar-refractivity contribution in [2.75, 3.05) is 4.90 Å². The largest absolute Gasteiger partial charge is 0.456 e. The van der Waals surface area contributed by atoms with Crippen LogP contribution in [0, 0.1) is 0 Å². The van der Waals surface area contributed by atoms with E-state index in [1.165, 1.54) is 71.5 Å². The molecule has 67 heavy (non-hydrogen) atoms. The van der Waals surface area contributed by atoms with Crippen LogP contribution in [-0.4, -0.2) is 4.57 Å². The van der Waals surface area contributed by atoms with Gasteiger partial charge in [0.15, 0.2) is 0 Å². The summed E-state index contributed by atoms with van der Waals surface area (Å²) in [6, 6.07) is 92.0. The van der Waals surface area contributed by atoms with Crippen LogP contribution in [-0.2, 0) is 0 Å². The summed E-state index contributed by atoms with van der Waals surface area (Å²) < 4.78 is 8.47. The number of hydrogen-bond donors (Lipinski definition) is 0. The molecular weight excluding hydrogens is 813 g/mol. The maximum atomic E-state index is 6.10. The lowest BCUT2D eigenvalue weighted by Crippen LogP contribution is -2.10. The fourth-order valence-electron chi connectivity index (χ4n) is 9.99. The summed E-state index contributed by atoms with van der Waals surface area (Å²) in [6.45, 7) is 0. The first-order valence-electron chi connectivity index (χ1n) is 22.9. The molecule has 0 atom stereocenters. The second kappa shape index (κ2) is 16.0. The third kappa shape index (κ3) is 6.84. The summed E-state index contributed by atoms with van der Waals surface area (Å²) in [5.41, 5.74) is 18.1. The number of rotatable bonds is 8. The van der Waals surface area contributed by atoms with Crippen molar-refractivity contribution in [1.82, 2.24) is 4.57 Å². The minimum absolute atomic E-state index is 0.911. The summed E-state index contributed by atoms with van der Waals surface area (Å²) in [5.74, 6) is 0. The quantitative estimate of drug-likeness (QED) is 0.152. The summed E-state index contributed by atoms with van der Waals surface area (Å²) in [7, 11) is 0. The van der Waals surface area contributed by atoms with Crippen LogP contribution in [0.1, 0.15) is 0 Å². The van der Waals surface area contributed by atoms with Crippen molar-refractivity contribution in [3.05, 3.63) is 255 Å². The standard InChI is InChI=1S/C64H42N2O/c1-2-10-50-41-51(26-25-43(50)9-1)48-21-17-44(18-22-48)46-27-32-53(33-28-46)65(55-36-38-56(39-37-55)66-61-14-6-3-11-57(61)58-12-4-7-15-62(58)66)54-34-29-47(30-35-54)45-19-23-49(24-20-45)52-31-40-64-60(42-52)59-13-5-8-16-63(59)67-64/h1-42H. The Labute approximate surface area is 388 Å². The minimum Gasteiger partial charge on any atom is -0.456 e. The predicted octanol–water partition coefficient (Wildman–Crippen LogP) is 18.0. The monoisotopic (exact) mass is 854 g/mol. The van der Waals surface area contributed by atoms with E-state index in [2.05, 4.69) is 252 Å². The Balaban J connectivity index is 0.828. The zero-order valence-electron chi connectivity index (χ0n) is 36.6. The molecule has 2 aromatic heterocycles. The second-order valence-corrected chi connectivity index (χ2v) is 17.3. The maximum Gasteiger partial charge on any atom is 0.135 e. The molecule has 0 amide bonds. The number of anilines is 3. The van der Waals surface area contributed by atoms with Gasteiger partial charge in [-0.3, -0.25) is 0 Å². The molecule has 0 spiro atoms. The molecule has 0 saturated heterocycles. The van der Waals surface area contributed by atoms with Gasteiger partial charge in [0.05, 0.1) is 11.0 Å². The molecule has 0 fully saturated rings. The molecule has 0 unspecified atom stereocenters. The summed E-state index contributed by atoms with van der Waals surface area (Å²) in [6.07, 6.45) is 0. The van der Waals surface area contributed by atoms with Crippen molar-refractivity contribution in [2.24, 2.45) is 0 Å². The summed E-state index contributed by atoms with van der Waals surface area (Å²) >= 11 is 0. The van der Waals surface area contributed by atoms with E-state index in [4.69, 9.17) is 4.42 Å². The third-order valence-corrected chi connectivity index (χ3v) is 13.4. The van der Waals surface area contributed by atoms with Gasteiger partial charge in [-0.05, 0) is 140 Å². The van der Waals surface area contributed by atoms with Gasteiger partial charge in [-0.1, -0.05) is 170 Å². The number of fused-ring (bicyclic) bond motifs is 7. The molecule has 0 aliphatic rings. The summed E-state index contributed by atoms with van der Waals surface area (Å²) in [5, 5.41) is 7.30. The van der Waals surface area contributed by atoms with Crippen LogP contribution in [0.2, 0.25) is 0 Å². The highest BCUT2D eigenvalue weighted by molar-refractivity contribution is 6.09. The number of hydrogen-bond acceptors (Lipinski definition) is 2. The van der Waals surface area contributed by atoms with Crippen molar-refractivity contribution in [3.8, 4) is 50.2 Å². The van der Waals surface area contributed by atoms with Crippen LogP contribution in [0.25, 0.3) is 105 Å². The Morgan fingerprint density at radius 3 is 1.22 bits per heavy atom. The molecule has 0 radical (unpaired) electrons. The molecule has 314 valence electrons. The van der Waals surface area contributed by atoms with Gasteiger partial charge in [-0.2, -0.15) is 0 Å². The highest BCUT2D eigenvalue weighted by atomic mass is 16.3. The zero-order chi connectivity index (χ0) is 44.3. The van der Waals surface area contributed by atoms with Crippen molar-refractivity contribution in [2.45, 2.75) is 0 Å². The highest BCUT2D eigenvalue weighted by Gasteiger charge is 2.17. The van der Waals surface area contributed by atoms with Crippen LogP contribution in [0.3, 0.4) is 0 Å². The fraction of sp³-hybridized carbons (Fsp3) is 0. The van der Waals surface area contributed by atoms with E-state index in [0.29, 0.717) is 0 Å². The number of para-hydroxylation sites is 3. The van der Waals surface area contributed by atoms with Gasteiger partial charge in [0.25, 0.3) is 0 Å². The van der Waals surface area contributed by atoms with E-state index in [1.807, 2.05) is 12.1 Å². The van der Waals surface area contributed by atoms with Crippen molar-refractivity contribution < 1.29 is 4.42 Å². The van der Waals surface area contributed by atoms with Gasteiger partial charge in [-0.25, -0.2) is 0 Å². The zero-order valence-corrected chi connectivity index (χ0v) is 36.6. The second-order valence-electron chi connectivity index (χ2n) is 17.3. The first kappa shape index (κ1) is 38.5. The van der Waals surface area contributed by atoms with Gasteiger partial charge in [0.1, 0.15) is 11.2 Å². The predicted molar refractivity (Wildman–Crippen MR) is 282 cm³/mol. The Bertz CT molecular complexity index is 3880. The molecule has 3 nitrogen and oxygen atoms in total. The molecular formula is C64H42N2O. The molecule has 2 heterocycles. The van der Waals surface area contributed by atoms with E-state index < -0.39 is 0 Å². The molecule has 0 aliphatic heterocycles. The van der Waals surface area contributed by atoms with E-state index in [9.17, 15) is 0 Å². The van der Waals surface area contributed by atoms with Crippen LogP contribution in [0.5, 0.6) is 0 Å². The topological polar surface area (TPSA) is 21.3 Å². The Kier molecular flexibility index (Phi) is 9.17. The lowest BCUT2D eigenvalue weighted by molar-refractivity contribution is 0.669. The Hall–Kier alpha value is -8.92. The van der Waals surface area contributed by atoms with Crippen LogP contribution < -0.4 is 4.90 Å². The van der Waals surface area contributed by atoms with Gasteiger partial charge in [0, 0.05) is 44.3 Å². The van der Waals surface area contributed by atoms with Crippen LogP contribution in [0.4, 0.5) is 17.1 Å². The van der Waals surface area contributed by atoms with Crippen LogP contribution in [0.15, 0.2) is 259 Å². The maximum absolute atomic E-state index is 6.10. The molecule has 0 bridgehead atoms. The Morgan fingerprint density at radius 2 is 0.657 bits per heavy atom. The molecule has 0 N–H and O–H groups in total. The van der Waals surface area contributed by atoms with Gasteiger partial charge in [-0.15, -0.1) is 0 Å². The SMILES string of the molecule is c1ccc2cc(-c3ccc(-c4ccc(N(c5ccc(-c6ccc(-c7ccc8oc9ccccc9c8c7)cc6)cc5)c5ccc(-n6c7ccccc7c7ccccc76)cc5)cc4)cc3)ccc2c1. The minimum atomic E-state index is 0.911. The molecule has 13 aromatic rings. The number of furan rings is 1. The first-order valence-corrected chi connectivity index (χ1v) is 22.9. The number of nitrogens with zero attached hydrogens (tertiary/aromatic N) is 2. The molecule has 13 rings (SSSR count). The van der Waals surface area contributed by atoms with Crippen LogP contribution >= 0.6 is 0 Å². The van der Waals surface area contributed by atoms with E-state index in [1.54, 1.807) is 0 Å². The fourth-order valence-corrected chi connectivity index (χ4v) is 9.99. The average molecular weight is 855 g/mol. The molecule has 3 heteroatoms. The van der Waals surface area contributed by atoms with Crippen molar-refractivity contribution >= 4 is 71.6 Å². The first-order chi connectivity index (χ1) is 33.2. The van der Waals surface area contributed by atoms with Gasteiger partial charge < -0.3 is 13.9 Å². The number of benzene rings is 11. The Morgan fingerprint density at radius 1 is 0.269 bits per heavy atom. The highest BCUT2D eigenvalue weighted by Crippen LogP contribution is 2.40. The van der Waals surface area contributed by atoms with Gasteiger partial charge in [0.2, 0.25) is 0 Å². The van der Waals surface area contributed by atoms with Crippen molar-refractivity contribution in [3.63, 3.8) is 0 Å². The molecule has 11 aromatic carbocycles. The smallest absolute Gasteiger partial charge is 0.135 e. The summed E-state index contributed by atoms with van der Waals surface area (Å²) in [4.78, 5) is 2.35.